The zero-order valence-corrected chi connectivity index (χ0v) is 17.6. The van der Waals surface area contributed by atoms with Crippen molar-refractivity contribution in [3.05, 3.63) is 54.1 Å². The fourth-order valence-corrected chi connectivity index (χ4v) is 4.52. The Bertz CT molecular complexity index is 1000. The fourth-order valence-electron chi connectivity index (χ4n) is 3.60. The number of rotatable bonds is 5. The Kier molecular flexibility index (Phi) is 5.83. The highest BCUT2D eigenvalue weighted by atomic mass is 32.2. The second kappa shape index (κ2) is 8.53. The van der Waals surface area contributed by atoms with E-state index in [0.29, 0.717) is 18.0 Å². The normalized spacial score (nSPS) is 19.0. The molecule has 30 heavy (non-hydrogen) atoms. The lowest BCUT2D eigenvalue weighted by Gasteiger charge is -2.33. The van der Waals surface area contributed by atoms with E-state index >= 15 is 0 Å². The maximum absolute atomic E-state index is 12.7. The van der Waals surface area contributed by atoms with Gasteiger partial charge in [-0.1, -0.05) is 24.3 Å². The van der Waals surface area contributed by atoms with Crippen LogP contribution in [0.5, 0.6) is 5.75 Å². The van der Waals surface area contributed by atoms with Crippen molar-refractivity contribution < 1.29 is 22.7 Å². The minimum Gasteiger partial charge on any atom is -0.476 e. The second-order valence-corrected chi connectivity index (χ2v) is 9.26. The Balaban J connectivity index is 1.39. The number of carbonyl (C=O) groups excluding carboxylic acids is 1. The maximum atomic E-state index is 12.7. The van der Waals surface area contributed by atoms with Crippen LogP contribution in [0.25, 0.3) is 0 Å². The van der Waals surface area contributed by atoms with E-state index in [-0.39, 0.29) is 12.5 Å². The van der Waals surface area contributed by atoms with Crippen molar-refractivity contribution in [2.24, 2.45) is 0 Å². The molecule has 0 radical (unpaired) electrons. The predicted molar refractivity (Wildman–Crippen MR) is 114 cm³/mol. The monoisotopic (exact) mass is 431 g/mol. The van der Waals surface area contributed by atoms with E-state index in [2.05, 4.69) is 10.2 Å². The number of hydrogen-bond acceptors (Lipinski definition) is 6. The van der Waals surface area contributed by atoms with E-state index in [4.69, 9.17) is 9.47 Å². The Morgan fingerprint density at radius 1 is 1.10 bits per heavy atom. The van der Waals surface area contributed by atoms with Crippen LogP contribution in [0.2, 0.25) is 0 Å². The molecule has 2 aromatic rings. The van der Waals surface area contributed by atoms with Crippen LogP contribution < -0.4 is 19.3 Å². The molecule has 1 N–H and O–H groups in total. The second-order valence-electron chi connectivity index (χ2n) is 7.35. The molecule has 4 rings (SSSR count). The van der Waals surface area contributed by atoms with Crippen LogP contribution in [-0.2, 0) is 26.1 Å². The fraction of sp³-hybridized carbons (Fsp3) is 0.381. The van der Waals surface area contributed by atoms with Crippen LogP contribution in [0, 0.1) is 0 Å². The summed E-state index contributed by atoms with van der Waals surface area (Å²) in [5.41, 5.74) is 2.53. The number of amides is 1. The zero-order valence-electron chi connectivity index (χ0n) is 16.8. The first-order valence-electron chi connectivity index (χ1n) is 9.84. The van der Waals surface area contributed by atoms with Crippen LogP contribution in [0.3, 0.4) is 0 Å². The molecule has 0 bridgehead atoms. The molecule has 8 nitrogen and oxygen atoms in total. The van der Waals surface area contributed by atoms with E-state index in [1.54, 1.807) is 24.3 Å². The summed E-state index contributed by atoms with van der Waals surface area (Å²) in [6.07, 6.45) is 0.210. The number of nitrogens with zero attached hydrogens (tertiary/aromatic N) is 2. The molecule has 0 spiro atoms. The first-order valence-corrected chi connectivity index (χ1v) is 11.7. The SMILES string of the molecule is CS(=O)(=O)N1CC(C(=O)NCc2ccc(N3CCOCC3)cc2)Oc2ccccc21. The molecule has 0 saturated carbocycles. The molecule has 2 heterocycles. The van der Waals surface area contributed by atoms with Gasteiger partial charge < -0.3 is 19.7 Å². The Morgan fingerprint density at radius 3 is 2.50 bits per heavy atom. The van der Waals surface area contributed by atoms with E-state index in [9.17, 15) is 13.2 Å². The van der Waals surface area contributed by atoms with E-state index in [1.165, 1.54) is 4.31 Å². The van der Waals surface area contributed by atoms with Gasteiger partial charge in [0.1, 0.15) is 5.75 Å². The largest absolute Gasteiger partial charge is 0.476 e. The van der Waals surface area contributed by atoms with Gasteiger partial charge in [0, 0.05) is 25.3 Å². The molecular weight excluding hydrogens is 406 g/mol. The van der Waals surface area contributed by atoms with Gasteiger partial charge in [0.15, 0.2) is 6.10 Å². The van der Waals surface area contributed by atoms with Crippen LogP contribution in [0.4, 0.5) is 11.4 Å². The Hall–Kier alpha value is -2.78. The average Bonchev–Trinajstić information content (AvgIpc) is 2.77. The van der Waals surface area contributed by atoms with Gasteiger partial charge in [-0.25, -0.2) is 8.42 Å². The number of morpholine rings is 1. The topological polar surface area (TPSA) is 88.2 Å². The first-order chi connectivity index (χ1) is 14.4. The number of hydrogen-bond donors (Lipinski definition) is 1. The smallest absolute Gasteiger partial charge is 0.263 e. The lowest BCUT2D eigenvalue weighted by atomic mass is 10.1. The third-order valence-electron chi connectivity index (χ3n) is 5.21. The van der Waals surface area contributed by atoms with Crippen molar-refractivity contribution in [2.75, 3.05) is 48.3 Å². The standard InChI is InChI=1S/C21H25N3O5S/c1-30(26,27)24-15-20(29-19-5-3-2-4-18(19)24)21(25)22-14-16-6-8-17(9-7-16)23-10-12-28-13-11-23/h2-9,20H,10-15H2,1H3,(H,22,25). The van der Waals surface area contributed by atoms with E-state index < -0.39 is 16.1 Å². The zero-order chi connectivity index (χ0) is 21.1. The lowest BCUT2D eigenvalue weighted by Crippen LogP contribution is -2.50. The molecule has 1 fully saturated rings. The molecule has 2 aliphatic heterocycles. The van der Waals surface area contributed by atoms with Gasteiger partial charge in [-0.05, 0) is 29.8 Å². The molecule has 0 aromatic heterocycles. The molecular formula is C21H25N3O5S. The van der Waals surface area contributed by atoms with Crippen molar-refractivity contribution >= 4 is 27.3 Å². The molecule has 0 aliphatic carbocycles. The van der Waals surface area contributed by atoms with Crippen LogP contribution in [-0.4, -0.2) is 59.5 Å². The molecule has 2 aromatic carbocycles. The molecule has 1 amide bonds. The lowest BCUT2D eigenvalue weighted by molar-refractivity contribution is -0.127. The number of nitrogens with one attached hydrogen (secondary N) is 1. The highest BCUT2D eigenvalue weighted by molar-refractivity contribution is 7.92. The van der Waals surface area contributed by atoms with E-state index in [1.807, 2.05) is 24.3 Å². The minimum absolute atomic E-state index is 0.0579. The number of anilines is 2. The van der Waals surface area contributed by atoms with Gasteiger partial charge in [-0.15, -0.1) is 0 Å². The summed E-state index contributed by atoms with van der Waals surface area (Å²) in [5.74, 6) is 0.0274. The first kappa shape index (κ1) is 20.5. The number of benzene rings is 2. The summed E-state index contributed by atoms with van der Waals surface area (Å²) >= 11 is 0. The highest BCUT2D eigenvalue weighted by Crippen LogP contribution is 2.34. The number of sulfonamides is 1. The molecule has 1 unspecified atom stereocenters. The Morgan fingerprint density at radius 2 is 1.80 bits per heavy atom. The van der Waals surface area contributed by atoms with Crippen molar-refractivity contribution in [3.8, 4) is 5.75 Å². The maximum Gasteiger partial charge on any atom is 0.263 e. The molecule has 1 saturated heterocycles. The average molecular weight is 432 g/mol. The number of ether oxygens (including phenoxy) is 2. The summed E-state index contributed by atoms with van der Waals surface area (Å²) in [6, 6.07) is 14.8. The predicted octanol–water partition coefficient (Wildman–Crippen LogP) is 1.37. The van der Waals surface area contributed by atoms with Gasteiger partial charge in [-0.2, -0.15) is 0 Å². The van der Waals surface area contributed by atoms with Crippen LogP contribution in [0.15, 0.2) is 48.5 Å². The van der Waals surface area contributed by atoms with Gasteiger partial charge in [-0.3, -0.25) is 9.10 Å². The summed E-state index contributed by atoms with van der Waals surface area (Å²) in [5, 5.41) is 2.85. The minimum atomic E-state index is -3.53. The molecule has 2 aliphatic rings. The van der Waals surface area contributed by atoms with E-state index in [0.717, 1.165) is 43.8 Å². The third kappa shape index (κ3) is 4.52. The van der Waals surface area contributed by atoms with Crippen molar-refractivity contribution in [2.45, 2.75) is 12.6 Å². The number of carbonyl (C=O) groups is 1. The van der Waals surface area contributed by atoms with Gasteiger partial charge in [0.2, 0.25) is 10.0 Å². The van der Waals surface area contributed by atoms with Gasteiger partial charge in [0.25, 0.3) is 5.91 Å². The summed E-state index contributed by atoms with van der Waals surface area (Å²) < 4.78 is 36.7. The highest BCUT2D eigenvalue weighted by Gasteiger charge is 2.34. The van der Waals surface area contributed by atoms with Gasteiger partial charge >= 0.3 is 0 Å². The number of para-hydroxylation sites is 2. The van der Waals surface area contributed by atoms with Crippen molar-refractivity contribution in [1.29, 1.82) is 0 Å². The molecule has 160 valence electrons. The third-order valence-corrected chi connectivity index (χ3v) is 6.35. The summed E-state index contributed by atoms with van der Waals surface area (Å²) in [7, 11) is -3.53. The quantitative estimate of drug-likeness (QED) is 0.769. The molecule has 1 atom stereocenters. The van der Waals surface area contributed by atoms with Crippen molar-refractivity contribution in [3.63, 3.8) is 0 Å². The van der Waals surface area contributed by atoms with Crippen LogP contribution >= 0.6 is 0 Å². The summed E-state index contributed by atoms with van der Waals surface area (Å²) in [4.78, 5) is 15.0. The number of fused-ring (bicyclic) bond motifs is 1. The summed E-state index contributed by atoms with van der Waals surface area (Å²) in [6.45, 7) is 3.47. The Labute approximate surface area is 176 Å². The van der Waals surface area contributed by atoms with Gasteiger partial charge in [0.05, 0.1) is 31.7 Å². The van der Waals surface area contributed by atoms with Crippen LogP contribution in [0.1, 0.15) is 5.56 Å². The van der Waals surface area contributed by atoms with Crippen molar-refractivity contribution in [1.82, 2.24) is 5.32 Å². The molecule has 9 heteroatoms.